The van der Waals surface area contributed by atoms with Crippen LogP contribution in [0.15, 0.2) is 22.8 Å². The van der Waals surface area contributed by atoms with E-state index in [1.807, 2.05) is 6.92 Å². The topological polar surface area (TPSA) is 26.3 Å². The molecule has 0 aromatic heterocycles. The van der Waals surface area contributed by atoms with Crippen molar-refractivity contribution in [3.63, 3.8) is 0 Å². The van der Waals surface area contributed by atoms with Gasteiger partial charge in [-0.25, -0.2) is 4.79 Å². The molecule has 0 aliphatic heterocycles. The van der Waals surface area contributed by atoms with Crippen molar-refractivity contribution in [1.82, 2.24) is 0 Å². The molecule has 2 rings (SSSR count). The second-order valence-corrected chi connectivity index (χ2v) is 4.97. The fraction of sp³-hybridized carbons (Fsp3) is 0.667. The molecule has 0 unspecified atom stereocenters. The van der Waals surface area contributed by atoms with Crippen LogP contribution in [0.25, 0.3) is 0 Å². The van der Waals surface area contributed by atoms with E-state index in [0.717, 1.165) is 12.8 Å². The van der Waals surface area contributed by atoms with E-state index in [1.54, 1.807) is 17.2 Å². The first kappa shape index (κ1) is 12.4. The zero-order valence-electron chi connectivity index (χ0n) is 10.8. The van der Waals surface area contributed by atoms with Crippen molar-refractivity contribution in [3.8, 4) is 0 Å². The lowest BCUT2D eigenvalue weighted by Crippen LogP contribution is -2.03. The minimum absolute atomic E-state index is 0.163. The van der Waals surface area contributed by atoms with Gasteiger partial charge in [0.1, 0.15) is 0 Å². The predicted octanol–water partition coefficient (Wildman–Crippen LogP) is 3.92. The number of carbonyl (C=O) groups is 1. The van der Waals surface area contributed by atoms with Gasteiger partial charge in [-0.2, -0.15) is 0 Å². The van der Waals surface area contributed by atoms with Crippen LogP contribution < -0.4 is 0 Å². The quantitative estimate of drug-likeness (QED) is 0.411. The van der Waals surface area contributed by atoms with Crippen LogP contribution in [0.2, 0.25) is 0 Å². The van der Waals surface area contributed by atoms with Gasteiger partial charge in [-0.1, -0.05) is 16.7 Å². The van der Waals surface area contributed by atoms with E-state index in [2.05, 4.69) is 0 Å². The highest BCUT2D eigenvalue weighted by Gasteiger charge is 2.18. The number of allylic oxidation sites excluding steroid dienone is 3. The van der Waals surface area contributed by atoms with Crippen LogP contribution in [0.3, 0.4) is 0 Å². The molecule has 2 fully saturated rings. The molecular weight excluding hydrogens is 212 g/mol. The van der Waals surface area contributed by atoms with Crippen molar-refractivity contribution in [2.75, 3.05) is 6.61 Å². The first-order valence-electron chi connectivity index (χ1n) is 6.85. The highest BCUT2D eigenvalue weighted by molar-refractivity contribution is 5.82. The van der Waals surface area contributed by atoms with E-state index in [1.165, 1.54) is 44.1 Å². The Hall–Kier alpha value is -1.05. The SMILES string of the molecule is CCOC(=O)C=C1CCCC(=C2CC2)CCC1. The Balaban J connectivity index is 1.87. The van der Waals surface area contributed by atoms with Crippen LogP contribution in [0.1, 0.15) is 58.3 Å². The van der Waals surface area contributed by atoms with Gasteiger partial charge in [0, 0.05) is 6.08 Å². The molecule has 0 saturated heterocycles. The summed E-state index contributed by atoms with van der Waals surface area (Å²) in [5, 5.41) is 0. The molecule has 0 heterocycles. The van der Waals surface area contributed by atoms with Crippen molar-refractivity contribution in [2.24, 2.45) is 0 Å². The molecule has 0 spiro atoms. The molecule has 0 radical (unpaired) electrons. The summed E-state index contributed by atoms with van der Waals surface area (Å²) in [6.45, 7) is 2.32. The minimum Gasteiger partial charge on any atom is -0.463 e. The van der Waals surface area contributed by atoms with Crippen molar-refractivity contribution in [3.05, 3.63) is 22.8 Å². The van der Waals surface area contributed by atoms with E-state index in [4.69, 9.17) is 4.74 Å². The Morgan fingerprint density at radius 1 is 1.06 bits per heavy atom. The third kappa shape index (κ3) is 4.03. The summed E-state index contributed by atoms with van der Waals surface area (Å²) in [6.07, 6.45) is 11.4. The van der Waals surface area contributed by atoms with E-state index in [9.17, 15) is 4.79 Å². The molecule has 0 aromatic rings. The van der Waals surface area contributed by atoms with Crippen molar-refractivity contribution in [1.29, 1.82) is 0 Å². The van der Waals surface area contributed by atoms with Crippen LogP contribution in [-0.4, -0.2) is 12.6 Å². The maximum absolute atomic E-state index is 11.4. The van der Waals surface area contributed by atoms with Crippen molar-refractivity contribution < 1.29 is 9.53 Å². The monoisotopic (exact) mass is 234 g/mol. The van der Waals surface area contributed by atoms with Gasteiger partial charge >= 0.3 is 5.97 Å². The van der Waals surface area contributed by atoms with E-state index < -0.39 is 0 Å². The Morgan fingerprint density at radius 2 is 1.65 bits per heavy atom. The van der Waals surface area contributed by atoms with Gasteiger partial charge in [-0.3, -0.25) is 0 Å². The number of carbonyl (C=O) groups excluding carboxylic acids is 1. The lowest BCUT2D eigenvalue weighted by molar-refractivity contribution is -0.137. The molecule has 2 saturated carbocycles. The summed E-state index contributed by atoms with van der Waals surface area (Å²) in [5.41, 5.74) is 4.73. The molecule has 94 valence electrons. The normalized spacial score (nSPS) is 20.6. The zero-order valence-corrected chi connectivity index (χ0v) is 10.8. The molecule has 0 atom stereocenters. The second-order valence-electron chi connectivity index (χ2n) is 4.97. The second kappa shape index (κ2) is 6.04. The first-order valence-corrected chi connectivity index (χ1v) is 6.85. The third-order valence-corrected chi connectivity index (χ3v) is 3.56. The molecule has 17 heavy (non-hydrogen) atoms. The summed E-state index contributed by atoms with van der Waals surface area (Å²) in [6, 6.07) is 0. The highest BCUT2D eigenvalue weighted by atomic mass is 16.5. The molecule has 2 aliphatic rings. The predicted molar refractivity (Wildman–Crippen MR) is 68.7 cm³/mol. The smallest absolute Gasteiger partial charge is 0.330 e. The van der Waals surface area contributed by atoms with Crippen molar-refractivity contribution >= 4 is 5.97 Å². The summed E-state index contributed by atoms with van der Waals surface area (Å²) in [7, 11) is 0. The minimum atomic E-state index is -0.163. The molecule has 2 heteroatoms. The van der Waals surface area contributed by atoms with Gasteiger partial charge in [0.2, 0.25) is 0 Å². The summed E-state index contributed by atoms with van der Waals surface area (Å²) < 4.78 is 4.96. The molecular formula is C15H22O2. The average molecular weight is 234 g/mol. The number of hydrogen-bond donors (Lipinski definition) is 0. The van der Waals surface area contributed by atoms with Crippen LogP contribution in [0, 0.1) is 0 Å². The fourth-order valence-electron chi connectivity index (χ4n) is 2.57. The van der Waals surface area contributed by atoms with E-state index in [0.29, 0.717) is 6.61 Å². The number of hydrogen-bond acceptors (Lipinski definition) is 2. The summed E-state index contributed by atoms with van der Waals surface area (Å²) in [4.78, 5) is 11.4. The van der Waals surface area contributed by atoms with Crippen LogP contribution in [0.4, 0.5) is 0 Å². The number of rotatable bonds is 2. The Morgan fingerprint density at radius 3 is 2.18 bits per heavy atom. The molecule has 0 amide bonds. The van der Waals surface area contributed by atoms with Gasteiger partial charge in [-0.05, 0) is 58.3 Å². The average Bonchev–Trinajstić information content (AvgIpc) is 3.06. The maximum Gasteiger partial charge on any atom is 0.330 e. The van der Waals surface area contributed by atoms with Crippen molar-refractivity contribution in [2.45, 2.75) is 58.3 Å². The van der Waals surface area contributed by atoms with E-state index in [-0.39, 0.29) is 5.97 Å². The van der Waals surface area contributed by atoms with Crippen LogP contribution >= 0.6 is 0 Å². The molecule has 0 aromatic carbocycles. The molecule has 0 N–H and O–H groups in total. The van der Waals surface area contributed by atoms with Gasteiger partial charge in [-0.15, -0.1) is 0 Å². The third-order valence-electron chi connectivity index (χ3n) is 3.56. The first-order chi connectivity index (χ1) is 8.29. The Labute approximate surface area is 104 Å². The lowest BCUT2D eigenvalue weighted by Gasteiger charge is -2.14. The Bertz CT molecular complexity index is 330. The zero-order chi connectivity index (χ0) is 12.1. The van der Waals surface area contributed by atoms with Gasteiger partial charge < -0.3 is 4.74 Å². The van der Waals surface area contributed by atoms with Gasteiger partial charge in [0.05, 0.1) is 6.61 Å². The van der Waals surface area contributed by atoms with Gasteiger partial charge in [0.15, 0.2) is 0 Å². The number of esters is 1. The van der Waals surface area contributed by atoms with E-state index >= 15 is 0 Å². The lowest BCUT2D eigenvalue weighted by atomic mass is 9.92. The molecule has 0 bridgehead atoms. The van der Waals surface area contributed by atoms with Gasteiger partial charge in [0.25, 0.3) is 0 Å². The molecule has 2 nitrogen and oxygen atoms in total. The largest absolute Gasteiger partial charge is 0.463 e. The fourth-order valence-corrected chi connectivity index (χ4v) is 2.57. The summed E-state index contributed by atoms with van der Waals surface area (Å²) in [5.74, 6) is -0.163. The van der Waals surface area contributed by atoms with Crippen LogP contribution in [0.5, 0.6) is 0 Å². The highest BCUT2D eigenvalue weighted by Crippen LogP contribution is 2.37. The van der Waals surface area contributed by atoms with Crippen LogP contribution in [-0.2, 0) is 9.53 Å². The maximum atomic E-state index is 11.4. The number of ether oxygens (including phenoxy) is 1. The summed E-state index contributed by atoms with van der Waals surface area (Å²) >= 11 is 0. The standard InChI is InChI=1S/C15H22O2/c1-2-17-15(16)11-12-5-3-7-13(8-4-6-12)14-9-10-14/h11H,2-10H2,1H3. The molecule has 2 aliphatic carbocycles. The Kier molecular flexibility index (Phi) is 4.41.